The zero-order valence-electron chi connectivity index (χ0n) is 22.2. The van der Waals surface area contributed by atoms with E-state index < -0.39 is 10.4 Å². The number of halogens is 1. The molecule has 3 atom stereocenters. The van der Waals surface area contributed by atoms with Crippen molar-refractivity contribution in [3.63, 3.8) is 0 Å². The summed E-state index contributed by atoms with van der Waals surface area (Å²) in [6, 6.07) is 14.1. The summed E-state index contributed by atoms with van der Waals surface area (Å²) < 4.78 is 40.2. The fraction of sp³-hybridized carbons (Fsp3) is 0.379. The summed E-state index contributed by atoms with van der Waals surface area (Å²) in [5, 5.41) is 1.36. The van der Waals surface area contributed by atoms with Gasteiger partial charge in [0.1, 0.15) is 0 Å². The molecule has 0 radical (unpaired) electrons. The van der Waals surface area contributed by atoms with Gasteiger partial charge in [-0.25, -0.2) is 0 Å². The van der Waals surface area contributed by atoms with E-state index in [0.29, 0.717) is 22.6 Å². The van der Waals surface area contributed by atoms with Crippen molar-refractivity contribution in [2.45, 2.75) is 44.7 Å². The average Bonchev–Trinajstić information content (AvgIpc) is 3.25. The minimum absolute atomic E-state index is 0.202. The van der Waals surface area contributed by atoms with E-state index in [1.165, 1.54) is 22.0 Å². The van der Waals surface area contributed by atoms with Gasteiger partial charge < -0.3 is 9.30 Å². The third kappa shape index (κ3) is 6.90. The van der Waals surface area contributed by atoms with Crippen molar-refractivity contribution >= 4 is 49.0 Å². The summed E-state index contributed by atoms with van der Waals surface area (Å²) in [6.07, 6.45) is 7.05. The van der Waals surface area contributed by atoms with Crippen LogP contribution >= 0.6 is 15.9 Å². The van der Waals surface area contributed by atoms with Crippen molar-refractivity contribution in [2.75, 3.05) is 19.7 Å². The molecule has 9 nitrogen and oxygen atoms in total. The molecular weight excluding hydrogens is 600 g/mol. The van der Waals surface area contributed by atoms with E-state index in [0.717, 1.165) is 32.4 Å². The highest BCUT2D eigenvalue weighted by Gasteiger charge is 2.43. The number of ether oxygens (including phenoxy) is 1. The van der Waals surface area contributed by atoms with Crippen LogP contribution in [0, 0.1) is 5.92 Å². The molecule has 0 bridgehead atoms. The van der Waals surface area contributed by atoms with Gasteiger partial charge in [0.15, 0.2) is 6.61 Å². The van der Waals surface area contributed by atoms with E-state index in [2.05, 4.69) is 63.3 Å². The first-order valence-corrected chi connectivity index (χ1v) is 15.3. The first kappa shape index (κ1) is 30.1. The third-order valence-corrected chi connectivity index (χ3v) is 8.14. The maximum Gasteiger partial charge on any atom is 0.394 e. The van der Waals surface area contributed by atoms with Crippen LogP contribution in [0.15, 0.2) is 65.8 Å². The topological polar surface area (TPSA) is 126 Å². The molecule has 0 spiro atoms. The highest BCUT2D eigenvalue weighted by atomic mass is 79.9. The molecule has 2 heterocycles. The molecule has 11 heteroatoms. The number of nitrogens with zero attached hydrogens (tertiary/aromatic N) is 2. The molecule has 40 heavy (non-hydrogen) atoms. The summed E-state index contributed by atoms with van der Waals surface area (Å²) in [5.41, 5.74) is 4.55. The smallest absolute Gasteiger partial charge is 0.394 e. The number of carbonyl (C=O) groups is 2. The van der Waals surface area contributed by atoms with E-state index in [1.54, 1.807) is 12.1 Å². The molecule has 1 aliphatic carbocycles. The second kappa shape index (κ2) is 12.8. The fourth-order valence-corrected chi connectivity index (χ4v) is 6.47. The molecule has 1 aromatic heterocycles. The van der Waals surface area contributed by atoms with E-state index in [1.807, 2.05) is 18.2 Å². The average molecular weight is 634 g/mol. The molecule has 214 valence electrons. The van der Waals surface area contributed by atoms with Crippen LogP contribution in [0.5, 0.6) is 0 Å². The maximum absolute atomic E-state index is 13.2. The number of esters is 1. The van der Waals surface area contributed by atoms with Gasteiger partial charge in [0.05, 0.1) is 5.92 Å². The summed E-state index contributed by atoms with van der Waals surface area (Å²) in [5.74, 6) is -0.530. The van der Waals surface area contributed by atoms with E-state index in [4.69, 9.17) is 22.3 Å². The Hall–Kier alpha value is -2.83. The zero-order chi connectivity index (χ0) is 29.0. The zero-order valence-corrected chi connectivity index (χ0v) is 24.6. The Balaban J connectivity index is 0.000000681. The number of rotatable bonds is 8. The van der Waals surface area contributed by atoms with Gasteiger partial charge in [0.2, 0.25) is 5.78 Å². The van der Waals surface area contributed by atoms with Crippen molar-refractivity contribution in [3.05, 3.63) is 82.5 Å². The van der Waals surface area contributed by atoms with Gasteiger partial charge in [0, 0.05) is 58.7 Å². The maximum atomic E-state index is 13.2. The van der Waals surface area contributed by atoms with Crippen LogP contribution in [0.25, 0.3) is 10.9 Å². The molecule has 1 fully saturated rings. The molecule has 5 rings (SSSR count). The predicted octanol–water partition coefficient (Wildman–Crippen LogP) is 5.10. The monoisotopic (exact) mass is 632 g/mol. The van der Waals surface area contributed by atoms with Gasteiger partial charge in [-0.3, -0.25) is 23.6 Å². The molecule has 3 aromatic rings. The third-order valence-electron chi connectivity index (χ3n) is 7.45. The summed E-state index contributed by atoms with van der Waals surface area (Å²) in [4.78, 5) is 28.2. The number of aryl methyl sites for hydroxylation is 1. The van der Waals surface area contributed by atoms with Gasteiger partial charge in [0.25, 0.3) is 0 Å². The molecular formula is C29H33BrN2O7S. The quantitative estimate of drug-likeness (QED) is 0.152. The molecule has 1 aliphatic heterocycles. The molecule has 0 saturated carbocycles. The first-order valence-electron chi connectivity index (χ1n) is 13.1. The van der Waals surface area contributed by atoms with Gasteiger partial charge in [-0.1, -0.05) is 59.3 Å². The van der Waals surface area contributed by atoms with Gasteiger partial charge in [-0.15, -0.1) is 6.58 Å². The number of fused-ring (bicyclic) bond motifs is 2. The van der Waals surface area contributed by atoms with Crippen LogP contribution in [0.1, 0.15) is 47.2 Å². The number of likely N-dealkylation sites (tertiary alicyclic amines) is 1. The van der Waals surface area contributed by atoms with Crippen LogP contribution in [0.3, 0.4) is 0 Å². The number of ketones is 1. The second-order valence-corrected chi connectivity index (χ2v) is 11.9. The minimum Gasteiger partial charge on any atom is -0.457 e. The van der Waals surface area contributed by atoms with Crippen molar-refractivity contribution in [2.24, 2.45) is 5.92 Å². The Labute approximate surface area is 242 Å². The first-order chi connectivity index (χ1) is 19.0. The lowest BCUT2D eigenvalue weighted by molar-refractivity contribution is -0.150. The number of carbonyl (C=O) groups excluding carboxylic acids is 2. The number of aromatic nitrogens is 1. The minimum atomic E-state index is -4.67. The van der Waals surface area contributed by atoms with E-state index in [9.17, 15) is 9.59 Å². The number of hydrogen-bond donors (Lipinski definition) is 2. The van der Waals surface area contributed by atoms with Crippen LogP contribution < -0.4 is 0 Å². The lowest BCUT2D eigenvalue weighted by Gasteiger charge is -2.46. The lowest BCUT2D eigenvalue weighted by Crippen LogP contribution is -2.51. The SMILES string of the molecule is C=CCN1C[C@H](C(=O)OCC(=O)c2ccccc2Br)C[C@@H]2c3cccc4c3c(cn4CCC)C[C@H]21.O=S(=O)(O)O. The van der Waals surface area contributed by atoms with Crippen LogP contribution in [-0.2, 0) is 32.9 Å². The highest BCUT2D eigenvalue weighted by molar-refractivity contribution is 9.10. The van der Waals surface area contributed by atoms with Gasteiger partial charge >= 0.3 is 16.4 Å². The van der Waals surface area contributed by atoms with Gasteiger partial charge in [-0.2, -0.15) is 8.42 Å². The summed E-state index contributed by atoms with van der Waals surface area (Å²) in [6.45, 7) is 8.28. The standard InChI is InChI=1S/C29H31BrN2O3.H2O4S/c1-3-12-31-16-19-15-26-23(21-9-7-11-25(31)28(19)21)14-20(17-32(26)13-4-2)29(34)35-18-27(33)22-8-5-6-10-24(22)30;1-5(2,3)4/h4-11,16,20,23,26H,2-3,12-15,17-18H2,1H3;(H2,1,2,3,4)/t20-,23-,26-;/m1./s1. The van der Waals surface area contributed by atoms with Crippen molar-refractivity contribution in [1.82, 2.24) is 9.47 Å². The Bertz CT molecular complexity index is 1510. The second-order valence-electron chi connectivity index (χ2n) is 10.1. The van der Waals surface area contributed by atoms with Crippen LogP contribution in [-0.4, -0.2) is 64.5 Å². The van der Waals surface area contributed by atoms with Crippen LogP contribution in [0.4, 0.5) is 0 Å². The Kier molecular flexibility index (Phi) is 9.63. The fourth-order valence-electron chi connectivity index (χ4n) is 5.97. The summed E-state index contributed by atoms with van der Waals surface area (Å²) in [7, 11) is -4.67. The molecule has 2 aromatic carbocycles. The largest absolute Gasteiger partial charge is 0.457 e. The number of benzene rings is 2. The normalized spacial score (nSPS) is 20.2. The van der Waals surface area contributed by atoms with Crippen molar-refractivity contribution in [3.8, 4) is 0 Å². The number of Topliss-reactive ketones (excluding diaryl/α,β-unsaturated/α-hetero) is 1. The molecule has 1 saturated heterocycles. The van der Waals surface area contributed by atoms with Gasteiger partial charge in [-0.05, 0) is 42.5 Å². The molecule has 2 aliphatic rings. The highest BCUT2D eigenvalue weighted by Crippen LogP contribution is 2.45. The predicted molar refractivity (Wildman–Crippen MR) is 156 cm³/mol. The molecule has 0 unspecified atom stereocenters. The molecule has 2 N–H and O–H groups in total. The van der Waals surface area contributed by atoms with E-state index >= 15 is 0 Å². The van der Waals surface area contributed by atoms with Crippen molar-refractivity contribution < 1.29 is 31.8 Å². The number of hydrogen-bond acceptors (Lipinski definition) is 6. The number of piperidine rings is 1. The van der Waals surface area contributed by atoms with Crippen LogP contribution in [0.2, 0.25) is 0 Å². The Morgan fingerprint density at radius 3 is 2.58 bits per heavy atom. The van der Waals surface area contributed by atoms with E-state index in [-0.39, 0.29) is 30.2 Å². The summed E-state index contributed by atoms with van der Waals surface area (Å²) >= 11 is 3.40. The molecule has 0 amide bonds. The Morgan fingerprint density at radius 2 is 1.90 bits per heavy atom. The van der Waals surface area contributed by atoms with Crippen molar-refractivity contribution in [1.29, 1.82) is 0 Å². The Morgan fingerprint density at radius 1 is 1.18 bits per heavy atom. The lowest BCUT2D eigenvalue weighted by atomic mass is 9.72.